The molecule has 0 spiro atoms. The van der Waals surface area contributed by atoms with Crippen molar-refractivity contribution in [2.24, 2.45) is 5.92 Å². The molecule has 0 radical (unpaired) electrons. The Morgan fingerprint density at radius 3 is 2.00 bits per heavy atom. The lowest BCUT2D eigenvalue weighted by Gasteiger charge is -2.28. The second-order valence-electron chi connectivity index (χ2n) is 2.12. The minimum Gasteiger partial charge on any atom is -0.393 e. The fourth-order valence-corrected chi connectivity index (χ4v) is 0.649. The van der Waals surface area contributed by atoms with Gasteiger partial charge in [0.1, 0.15) is 0 Å². The van der Waals surface area contributed by atoms with Crippen LogP contribution in [0.25, 0.3) is 0 Å². The van der Waals surface area contributed by atoms with Gasteiger partial charge in [-0.25, -0.2) is 0 Å². The average Bonchev–Trinajstić information content (AvgIpc) is 1.61. The predicted molar refractivity (Wildman–Crippen MR) is 24.4 cm³/mol. The first-order valence-corrected chi connectivity index (χ1v) is 2.49. The van der Waals surface area contributed by atoms with E-state index in [0.717, 1.165) is 6.42 Å². The van der Waals surface area contributed by atoms with Crippen LogP contribution < -0.4 is 0 Å². The van der Waals surface area contributed by atoms with E-state index in [-0.39, 0.29) is 6.10 Å². The first-order chi connectivity index (χ1) is 2.80. The largest absolute Gasteiger partial charge is 0.393 e. The Hall–Kier alpha value is -0.0400. The summed E-state index contributed by atoms with van der Waals surface area (Å²) in [4.78, 5) is 0. The Bertz CT molecular complexity index is 43.9. The van der Waals surface area contributed by atoms with Gasteiger partial charge in [0.05, 0.1) is 6.10 Å². The van der Waals surface area contributed by atoms with Crippen LogP contribution >= 0.6 is 0 Å². The summed E-state index contributed by atoms with van der Waals surface area (Å²) in [7, 11) is 0. The van der Waals surface area contributed by atoms with Crippen molar-refractivity contribution in [3.63, 3.8) is 0 Å². The molecule has 0 heterocycles. The van der Waals surface area contributed by atoms with E-state index in [1.165, 1.54) is 6.42 Å². The lowest BCUT2D eigenvalue weighted by molar-refractivity contribution is 0.0346. The van der Waals surface area contributed by atoms with Crippen LogP contribution in [0.15, 0.2) is 0 Å². The number of aliphatic hydroxyl groups excluding tert-OH is 1. The van der Waals surface area contributed by atoms with Crippen molar-refractivity contribution in [2.45, 2.75) is 25.9 Å². The van der Waals surface area contributed by atoms with Gasteiger partial charge in [-0.1, -0.05) is 6.92 Å². The van der Waals surface area contributed by atoms with Crippen molar-refractivity contribution in [2.75, 3.05) is 0 Å². The molecule has 36 valence electrons. The zero-order valence-corrected chi connectivity index (χ0v) is 4.02. The summed E-state index contributed by atoms with van der Waals surface area (Å²) in [6.45, 7) is 2.08. The molecule has 1 nitrogen and oxygen atoms in total. The highest BCUT2D eigenvalue weighted by Gasteiger charge is 2.23. The third-order valence-corrected chi connectivity index (χ3v) is 1.57. The predicted octanol–water partition coefficient (Wildman–Crippen LogP) is 0.777. The van der Waals surface area contributed by atoms with Crippen LogP contribution in [0.1, 0.15) is 19.8 Å². The van der Waals surface area contributed by atoms with E-state index >= 15 is 0 Å². The van der Waals surface area contributed by atoms with E-state index in [9.17, 15) is 0 Å². The highest BCUT2D eigenvalue weighted by Crippen LogP contribution is 2.25. The molecule has 0 unspecified atom stereocenters. The van der Waals surface area contributed by atoms with Gasteiger partial charge in [-0.3, -0.25) is 0 Å². The van der Waals surface area contributed by atoms with E-state index in [4.69, 9.17) is 5.11 Å². The summed E-state index contributed by atoms with van der Waals surface area (Å²) in [6, 6.07) is 0. The molecule has 1 fully saturated rings. The maximum absolute atomic E-state index is 8.72. The van der Waals surface area contributed by atoms with Gasteiger partial charge >= 0.3 is 0 Å². The number of hydrogen-bond donors (Lipinski definition) is 1. The minimum atomic E-state index is 0.0324. The molecule has 0 bridgehead atoms. The van der Waals surface area contributed by atoms with E-state index in [1.54, 1.807) is 0 Å². The first kappa shape index (κ1) is 4.13. The molecule has 1 rings (SSSR count). The van der Waals surface area contributed by atoms with Crippen molar-refractivity contribution in [1.82, 2.24) is 0 Å². The molecule has 0 aromatic rings. The molecule has 1 saturated carbocycles. The fourth-order valence-electron chi connectivity index (χ4n) is 0.649. The third kappa shape index (κ3) is 0.432. The summed E-state index contributed by atoms with van der Waals surface area (Å²) in [6.07, 6.45) is 2.28. The summed E-state index contributed by atoms with van der Waals surface area (Å²) >= 11 is 0. The standard InChI is InChI=1S/C5H10O/c1-4-2-3-5(4)6/h4-6H,2-3H2,1H3/t4-,5-/m0/s1. The topological polar surface area (TPSA) is 20.2 Å². The molecule has 0 aromatic heterocycles. The van der Waals surface area contributed by atoms with Gasteiger partial charge in [0.2, 0.25) is 0 Å². The second-order valence-corrected chi connectivity index (χ2v) is 2.12. The van der Waals surface area contributed by atoms with Gasteiger partial charge in [0.15, 0.2) is 0 Å². The van der Waals surface area contributed by atoms with E-state index in [0.29, 0.717) is 5.92 Å². The van der Waals surface area contributed by atoms with Gasteiger partial charge in [0.25, 0.3) is 0 Å². The summed E-state index contributed by atoms with van der Waals surface area (Å²) < 4.78 is 0. The highest BCUT2D eigenvalue weighted by atomic mass is 16.3. The summed E-state index contributed by atoms with van der Waals surface area (Å²) in [5.74, 6) is 0.588. The van der Waals surface area contributed by atoms with E-state index in [1.807, 2.05) is 0 Å². The van der Waals surface area contributed by atoms with Crippen molar-refractivity contribution in [3.8, 4) is 0 Å². The molecule has 1 N–H and O–H groups in total. The Labute approximate surface area is 38.0 Å². The van der Waals surface area contributed by atoms with Crippen LogP contribution in [0.4, 0.5) is 0 Å². The van der Waals surface area contributed by atoms with Crippen molar-refractivity contribution in [1.29, 1.82) is 0 Å². The molecule has 6 heavy (non-hydrogen) atoms. The SMILES string of the molecule is C[C@H]1CC[C@@H]1O. The lowest BCUT2D eigenvalue weighted by atomic mass is 9.84. The molecule has 0 amide bonds. The number of rotatable bonds is 0. The van der Waals surface area contributed by atoms with Crippen LogP contribution in [0, 0.1) is 5.92 Å². The summed E-state index contributed by atoms with van der Waals surface area (Å²) in [5, 5.41) is 8.72. The monoisotopic (exact) mass is 86.1 g/mol. The zero-order valence-electron chi connectivity index (χ0n) is 4.02. The van der Waals surface area contributed by atoms with Crippen LogP contribution in [0.5, 0.6) is 0 Å². The van der Waals surface area contributed by atoms with E-state index in [2.05, 4.69) is 6.92 Å². The Balaban J connectivity index is 2.20. The van der Waals surface area contributed by atoms with Gasteiger partial charge in [-0.05, 0) is 18.8 Å². The maximum atomic E-state index is 8.72. The molecule has 1 aliphatic carbocycles. The normalized spacial score (nSPS) is 45.0. The fraction of sp³-hybridized carbons (Fsp3) is 1.00. The number of hydrogen-bond acceptors (Lipinski definition) is 1. The van der Waals surface area contributed by atoms with Crippen LogP contribution in [-0.2, 0) is 0 Å². The lowest BCUT2D eigenvalue weighted by Crippen LogP contribution is -2.27. The van der Waals surface area contributed by atoms with Crippen molar-refractivity contribution in [3.05, 3.63) is 0 Å². The Morgan fingerprint density at radius 1 is 1.50 bits per heavy atom. The molecule has 2 atom stereocenters. The van der Waals surface area contributed by atoms with Gasteiger partial charge in [0, 0.05) is 0 Å². The number of aliphatic hydroxyl groups is 1. The molecule has 1 heteroatoms. The van der Waals surface area contributed by atoms with Gasteiger partial charge < -0.3 is 5.11 Å². The smallest absolute Gasteiger partial charge is 0.0565 e. The third-order valence-electron chi connectivity index (χ3n) is 1.57. The second kappa shape index (κ2) is 1.23. The van der Waals surface area contributed by atoms with Crippen molar-refractivity contribution < 1.29 is 5.11 Å². The van der Waals surface area contributed by atoms with E-state index < -0.39 is 0 Å². The quantitative estimate of drug-likeness (QED) is 0.462. The van der Waals surface area contributed by atoms with Gasteiger partial charge in [-0.2, -0.15) is 0 Å². The Kier molecular flexibility index (Phi) is 0.845. The van der Waals surface area contributed by atoms with Gasteiger partial charge in [-0.15, -0.1) is 0 Å². The molecule has 0 saturated heterocycles. The zero-order chi connectivity index (χ0) is 4.57. The molecule has 0 aromatic carbocycles. The Morgan fingerprint density at radius 2 is 2.00 bits per heavy atom. The maximum Gasteiger partial charge on any atom is 0.0565 e. The van der Waals surface area contributed by atoms with Crippen LogP contribution in [0.3, 0.4) is 0 Å². The van der Waals surface area contributed by atoms with Crippen molar-refractivity contribution >= 4 is 0 Å². The molecule has 0 aliphatic heterocycles. The highest BCUT2D eigenvalue weighted by molar-refractivity contribution is 4.74. The molecular weight excluding hydrogens is 76.1 g/mol. The molecular formula is C5H10O. The van der Waals surface area contributed by atoms with Crippen LogP contribution in [-0.4, -0.2) is 11.2 Å². The minimum absolute atomic E-state index is 0.0324. The molecule has 1 aliphatic rings. The first-order valence-electron chi connectivity index (χ1n) is 2.49. The summed E-state index contributed by atoms with van der Waals surface area (Å²) in [5.41, 5.74) is 0. The average molecular weight is 86.1 g/mol. The van der Waals surface area contributed by atoms with Crippen LogP contribution in [0.2, 0.25) is 0 Å².